The summed E-state index contributed by atoms with van der Waals surface area (Å²) >= 11 is 5.92. The lowest BCUT2D eigenvalue weighted by Crippen LogP contribution is -2.45. The van der Waals surface area contributed by atoms with Crippen LogP contribution in [0.1, 0.15) is 31.5 Å². The summed E-state index contributed by atoms with van der Waals surface area (Å²) in [4.78, 5) is 19.0. The first-order chi connectivity index (χ1) is 14.8. The minimum atomic E-state index is -0.299. The summed E-state index contributed by atoms with van der Waals surface area (Å²) in [5.74, 6) is 1.00. The van der Waals surface area contributed by atoms with Crippen LogP contribution in [0.3, 0.4) is 0 Å². The Morgan fingerprint density at radius 1 is 1.26 bits per heavy atom. The molecule has 1 aromatic heterocycles. The lowest BCUT2D eigenvalue weighted by molar-refractivity contribution is -0.129. The summed E-state index contributed by atoms with van der Waals surface area (Å²) in [6.07, 6.45) is 0.906. The number of anilines is 1. The molecule has 0 saturated carbocycles. The number of hydrogen-bond donors (Lipinski definition) is 0. The molecule has 1 amide bonds. The van der Waals surface area contributed by atoms with E-state index < -0.39 is 0 Å². The van der Waals surface area contributed by atoms with Gasteiger partial charge >= 0.3 is 0 Å². The summed E-state index contributed by atoms with van der Waals surface area (Å²) in [5.41, 5.74) is 2.52. The Morgan fingerprint density at radius 2 is 1.97 bits per heavy atom. The highest BCUT2D eigenvalue weighted by Gasteiger charge is 2.27. The van der Waals surface area contributed by atoms with Crippen molar-refractivity contribution in [1.29, 1.82) is 0 Å². The molecule has 2 heterocycles. The summed E-state index contributed by atoms with van der Waals surface area (Å²) in [6, 6.07) is 6.49. The van der Waals surface area contributed by atoms with Crippen molar-refractivity contribution in [2.24, 2.45) is 5.92 Å². The molecule has 0 aliphatic carbocycles. The minimum Gasteiger partial charge on any atom is -0.354 e. The van der Waals surface area contributed by atoms with E-state index in [9.17, 15) is 9.18 Å². The van der Waals surface area contributed by atoms with Gasteiger partial charge in [-0.3, -0.25) is 4.79 Å². The van der Waals surface area contributed by atoms with Crippen LogP contribution in [-0.2, 0) is 11.3 Å². The van der Waals surface area contributed by atoms with E-state index in [2.05, 4.69) is 30.7 Å². The molecule has 0 radical (unpaired) electrons. The van der Waals surface area contributed by atoms with Gasteiger partial charge in [-0.2, -0.15) is 5.10 Å². The van der Waals surface area contributed by atoms with Gasteiger partial charge in [-0.25, -0.2) is 9.07 Å². The average Bonchev–Trinajstić information content (AvgIpc) is 3.07. The standard InChI is InChI=1S/C23H33ClFN5O/c1-17(2)8-9-29(22(31)15-24)16-21-18(3)26-30(20-7-5-6-19(25)14-20)23(21)28-12-10-27(4)11-13-28/h5-7,14,17H,8-13,15-16H2,1-4H3. The van der Waals surface area contributed by atoms with Gasteiger partial charge in [-0.15, -0.1) is 11.6 Å². The zero-order chi connectivity index (χ0) is 22.5. The maximum Gasteiger partial charge on any atom is 0.237 e. The molecule has 0 spiro atoms. The summed E-state index contributed by atoms with van der Waals surface area (Å²) in [5, 5.41) is 4.77. The lowest BCUT2D eigenvalue weighted by Gasteiger charge is -2.35. The van der Waals surface area contributed by atoms with Crippen LogP contribution in [0.2, 0.25) is 0 Å². The van der Waals surface area contributed by atoms with Crippen LogP contribution in [0.15, 0.2) is 24.3 Å². The molecule has 170 valence electrons. The first kappa shape index (κ1) is 23.5. The molecule has 1 aromatic carbocycles. The molecule has 2 aromatic rings. The fraction of sp³-hybridized carbons (Fsp3) is 0.565. The molecule has 1 aliphatic heterocycles. The summed E-state index contributed by atoms with van der Waals surface area (Å²) in [7, 11) is 2.11. The molecule has 6 nitrogen and oxygen atoms in total. The monoisotopic (exact) mass is 449 g/mol. The molecule has 0 N–H and O–H groups in total. The first-order valence-electron chi connectivity index (χ1n) is 10.9. The van der Waals surface area contributed by atoms with Crippen LogP contribution in [-0.4, -0.2) is 71.1 Å². The number of halogens is 2. The van der Waals surface area contributed by atoms with Crippen molar-refractivity contribution >= 4 is 23.3 Å². The number of alkyl halides is 1. The Kier molecular flexibility index (Phi) is 7.94. The third-order valence-electron chi connectivity index (χ3n) is 5.81. The van der Waals surface area contributed by atoms with E-state index >= 15 is 0 Å². The number of carbonyl (C=O) groups excluding carboxylic acids is 1. The van der Waals surface area contributed by atoms with Crippen molar-refractivity contribution in [2.75, 3.05) is 50.6 Å². The van der Waals surface area contributed by atoms with Crippen molar-refractivity contribution in [3.05, 3.63) is 41.3 Å². The van der Waals surface area contributed by atoms with E-state index in [1.807, 2.05) is 22.6 Å². The second-order valence-electron chi connectivity index (χ2n) is 8.70. The van der Waals surface area contributed by atoms with E-state index in [0.717, 1.165) is 49.7 Å². The second kappa shape index (κ2) is 10.5. The summed E-state index contributed by atoms with van der Waals surface area (Å²) in [6.45, 7) is 10.9. The Labute approximate surface area is 189 Å². The van der Waals surface area contributed by atoms with Crippen molar-refractivity contribution in [3.8, 4) is 5.69 Å². The maximum atomic E-state index is 14.0. The van der Waals surface area contributed by atoms with Crippen LogP contribution in [0.5, 0.6) is 0 Å². The fourth-order valence-corrected chi connectivity index (χ4v) is 4.01. The van der Waals surface area contributed by atoms with Crippen LogP contribution in [0, 0.1) is 18.7 Å². The van der Waals surface area contributed by atoms with Gasteiger partial charge in [0.05, 0.1) is 17.9 Å². The SMILES string of the molecule is Cc1nn(-c2cccc(F)c2)c(N2CCN(C)CC2)c1CN(CCC(C)C)C(=O)CCl. The van der Waals surface area contributed by atoms with Gasteiger partial charge in [-0.1, -0.05) is 19.9 Å². The number of aryl methyl sites for hydroxylation is 1. The van der Waals surface area contributed by atoms with Crippen LogP contribution >= 0.6 is 11.6 Å². The van der Waals surface area contributed by atoms with Crippen molar-refractivity contribution < 1.29 is 9.18 Å². The van der Waals surface area contributed by atoms with Gasteiger partial charge in [0.2, 0.25) is 5.91 Å². The zero-order valence-electron chi connectivity index (χ0n) is 18.9. The van der Waals surface area contributed by atoms with Gasteiger partial charge in [0.25, 0.3) is 0 Å². The van der Waals surface area contributed by atoms with Crippen molar-refractivity contribution in [3.63, 3.8) is 0 Å². The second-order valence-corrected chi connectivity index (χ2v) is 8.97. The van der Waals surface area contributed by atoms with E-state index in [4.69, 9.17) is 16.7 Å². The lowest BCUT2D eigenvalue weighted by atomic mass is 10.1. The number of benzene rings is 1. The number of piperazine rings is 1. The third kappa shape index (κ3) is 5.77. The van der Waals surface area contributed by atoms with Crippen LogP contribution in [0.25, 0.3) is 5.69 Å². The number of amides is 1. The minimum absolute atomic E-state index is 0.0426. The fourth-order valence-electron chi connectivity index (χ4n) is 3.84. The third-order valence-corrected chi connectivity index (χ3v) is 6.03. The largest absolute Gasteiger partial charge is 0.354 e. The Balaban J connectivity index is 2.02. The Hall–Kier alpha value is -2.12. The van der Waals surface area contributed by atoms with Gasteiger partial charge in [0.1, 0.15) is 17.5 Å². The predicted octanol–water partition coefficient (Wildman–Crippen LogP) is 3.69. The number of rotatable bonds is 8. The molecule has 0 atom stereocenters. The molecule has 1 fully saturated rings. The molecular weight excluding hydrogens is 417 g/mol. The molecule has 0 unspecified atom stereocenters. The maximum absolute atomic E-state index is 14.0. The Morgan fingerprint density at radius 3 is 2.58 bits per heavy atom. The van der Waals surface area contributed by atoms with E-state index in [1.54, 1.807) is 6.07 Å². The number of hydrogen-bond acceptors (Lipinski definition) is 4. The molecule has 1 aliphatic rings. The van der Waals surface area contributed by atoms with Gasteiger partial charge < -0.3 is 14.7 Å². The normalized spacial score (nSPS) is 15.0. The van der Waals surface area contributed by atoms with Crippen molar-refractivity contribution in [1.82, 2.24) is 19.6 Å². The van der Waals surface area contributed by atoms with Crippen LogP contribution in [0.4, 0.5) is 10.2 Å². The zero-order valence-corrected chi connectivity index (χ0v) is 19.7. The topological polar surface area (TPSA) is 44.6 Å². The number of carbonyl (C=O) groups is 1. The molecule has 31 heavy (non-hydrogen) atoms. The highest BCUT2D eigenvalue weighted by Crippen LogP contribution is 2.30. The predicted molar refractivity (Wildman–Crippen MR) is 124 cm³/mol. The van der Waals surface area contributed by atoms with E-state index in [1.165, 1.54) is 12.1 Å². The highest BCUT2D eigenvalue weighted by molar-refractivity contribution is 6.27. The van der Waals surface area contributed by atoms with E-state index in [-0.39, 0.29) is 17.6 Å². The molecule has 1 saturated heterocycles. The quantitative estimate of drug-likeness (QED) is 0.576. The molecule has 8 heteroatoms. The number of nitrogens with zero attached hydrogens (tertiary/aromatic N) is 5. The van der Waals surface area contributed by atoms with Gasteiger partial charge in [0, 0.05) is 38.3 Å². The molecule has 0 bridgehead atoms. The molecular formula is C23H33ClFN5O. The smallest absolute Gasteiger partial charge is 0.237 e. The number of aromatic nitrogens is 2. The van der Waals surface area contributed by atoms with Crippen LogP contribution < -0.4 is 4.90 Å². The van der Waals surface area contributed by atoms with E-state index in [0.29, 0.717) is 24.7 Å². The molecule has 3 rings (SSSR count). The van der Waals surface area contributed by atoms with Gasteiger partial charge in [-0.05, 0) is 44.5 Å². The number of likely N-dealkylation sites (N-methyl/N-ethyl adjacent to an activating group) is 1. The average molecular weight is 450 g/mol. The Bertz CT molecular complexity index is 892. The first-order valence-corrected chi connectivity index (χ1v) is 11.4. The van der Waals surface area contributed by atoms with Crippen molar-refractivity contribution in [2.45, 2.75) is 33.7 Å². The highest BCUT2D eigenvalue weighted by atomic mass is 35.5. The summed E-state index contributed by atoms with van der Waals surface area (Å²) < 4.78 is 15.8. The van der Waals surface area contributed by atoms with Gasteiger partial charge in [0.15, 0.2) is 0 Å².